The normalized spacial score (nSPS) is 11.9. The smallest absolute Gasteiger partial charge is 0.0434 e. The molecule has 0 spiro atoms. The lowest BCUT2D eigenvalue weighted by Crippen LogP contribution is -1.91. The van der Waals surface area contributed by atoms with E-state index in [-0.39, 0.29) is 0 Å². The van der Waals surface area contributed by atoms with E-state index in [0.29, 0.717) is 0 Å². The first-order valence-electron chi connectivity index (χ1n) is 14.1. The summed E-state index contributed by atoms with van der Waals surface area (Å²) in [5, 5.41) is 13.1. The van der Waals surface area contributed by atoms with Gasteiger partial charge in [0, 0.05) is 25.7 Å². The predicted octanol–water partition coefficient (Wildman–Crippen LogP) is 12.0. The molecule has 0 amide bonds. The second kappa shape index (κ2) is 8.76. The topological polar surface area (TPSA) is 0 Å². The molecule has 9 rings (SSSR count). The number of hydrogen-bond acceptors (Lipinski definition) is 1. The third-order valence-electron chi connectivity index (χ3n) is 8.65. The number of fused-ring (bicyclic) bond motifs is 8. The highest BCUT2D eigenvalue weighted by molar-refractivity contribution is 7.26. The fraction of sp³-hybridized carbons (Fsp3) is 0. The van der Waals surface area contributed by atoms with Gasteiger partial charge in [0.25, 0.3) is 0 Å². The molecule has 0 aliphatic carbocycles. The zero-order valence-electron chi connectivity index (χ0n) is 22.3. The lowest BCUT2D eigenvalue weighted by Gasteiger charge is -2.19. The van der Waals surface area contributed by atoms with Gasteiger partial charge in [0.15, 0.2) is 0 Å². The summed E-state index contributed by atoms with van der Waals surface area (Å²) < 4.78 is 2.69. The van der Waals surface area contributed by atoms with Crippen molar-refractivity contribution >= 4 is 74.6 Å². The van der Waals surface area contributed by atoms with E-state index in [0.717, 1.165) is 0 Å². The Morgan fingerprint density at radius 1 is 0.317 bits per heavy atom. The minimum atomic E-state index is 1.27. The SMILES string of the molecule is c1ccc2c(-c3c4ccccc4c(-c4cccc5c4sc4ccc6ccccc6c45)c4ccccc34)cccc2c1. The summed E-state index contributed by atoms with van der Waals surface area (Å²) in [6.45, 7) is 0. The van der Waals surface area contributed by atoms with Gasteiger partial charge in [-0.05, 0) is 65.8 Å². The van der Waals surface area contributed by atoms with Crippen molar-refractivity contribution in [3.8, 4) is 22.3 Å². The molecule has 0 fully saturated rings. The molecule has 0 unspecified atom stereocenters. The largest absolute Gasteiger partial charge is 0.135 e. The van der Waals surface area contributed by atoms with Crippen molar-refractivity contribution in [2.24, 2.45) is 0 Å². The Morgan fingerprint density at radius 2 is 0.780 bits per heavy atom. The summed E-state index contributed by atoms with van der Waals surface area (Å²) >= 11 is 1.92. The average Bonchev–Trinajstić information content (AvgIpc) is 3.43. The van der Waals surface area contributed by atoms with Gasteiger partial charge < -0.3 is 0 Å². The standard InChI is InChI=1S/C40H24S/c1-3-14-27-25(11-1)13-9-20-29(27)37-30-16-5-7-18-32(30)38(33-19-8-6-17-31(33)37)34-21-10-22-35-39-28-15-4-2-12-26(28)23-24-36(39)41-40(34)35/h1-24H. The number of rotatable bonds is 2. The van der Waals surface area contributed by atoms with Crippen LogP contribution in [0.4, 0.5) is 0 Å². The van der Waals surface area contributed by atoms with Crippen LogP contribution in [0.25, 0.3) is 85.5 Å². The van der Waals surface area contributed by atoms with Crippen molar-refractivity contribution in [3.63, 3.8) is 0 Å². The zero-order valence-corrected chi connectivity index (χ0v) is 23.1. The van der Waals surface area contributed by atoms with E-state index in [1.165, 1.54) is 85.5 Å². The highest BCUT2D eigenvalue weighted by Crippen LogP contribution is 2.49. The van der Waals surface area contributed by atoms with Crippen molar-refractivity contribution < 1.29 is 0 Å². The van der Waals surface area contributed by atoms with Gasteiger partial charge in [0.05, 0.1) is 0 Å². The van der Waals surface area contributed by atoms with Gasteiger partial charge in [-0.15, -0.1) is 11.3 Å². The molecule has 1 heterocycles. The summed E-state index contributed by atoms with van der Waals surface area (Å²) in [7, 11) is 0. The van der Waals surface area contributed by atoms with Crippen LogP contribution in [-0.4, -0.2) is 0 Å². The quantitative estimate of drug-likeness (QED) is 0.193. The Kier molecular flexibility index (Phi) is 4.87. The van der Waals surface area contributed by atoms with Crippen LogP contribution in [0.1, 0.15) is 0 Å². The Bertz CT molecular complexity index is 2410. The average molecular weight is 537 g/mol. The van der Waals surface area contributed by atoms with Gasteiger partial charge in [-0.3, -0.25) is 0 Å². The van der Waals surface area contributed by atoms with Crippen LogP contribution in [0.15, 0.2) is 146 Å². The van der Waals surface area contributed by atoms with E-state index in [1.807, 2.05) is 11.3 Å². The molecule has 0 aliphatic heterocycles. The molecule has 0 bridgehead atoms. The molecule has 0 atom stereocenters. The molecular formula is C40H24S. The van der Waals surface area contributed by atoms with Crippen LogP contribution in [-0.2, 0) is 0 Å². The highest BCUT2D eigenvalue weighted by atomic mass is 32.1. The van der Waals surface area contributed by atoms with Crippen LogP contribution in [0.3, 0.4) is 0 Å². The van der Waals surface area contributed by atoms with E-state index in [2.05, 4.69) is 146 Å². The fourth-order valence-corrected chi connectivity index (χ4v) is 8.16. The van der Waals surface area contributed by atoms with E-state index in [1.54, 1.807) is 0 Å². The van der Waals surface area contributed by atoms with Crippen LogP contribution < -0.4 is 0 Å². The molecule has 0 radical (unpaired) electrons. The third-order valence-corrected chi connectivity index (χ3v) is 9.85. The van der Waals surface area contributed by atoms with Crippen molar-refractivity contribution in [1.82, 2.24) is 0 Å². The first-order valence-corrected chi connectivity index (χ1v) is 14.9. The molecule has 8 aromatic carbocycles. The molecular weight excluding hydrogens is 513 g/mol. The lowest BCUT2D eigenvalue weighted by atomic mass is 9.84. The molecule has 1 heteroatoms. The lowest BCUT2D eigenvalue weighted by molar-refractivity contribution is 1.69. The van der Waals surface area contributed by atoms with Gasteiger partial charge in [-0.25, -0.2) is 0 Å². The molecule has 0 aliphatic rings. The molecule has 0 saturated heterocycles. The van der Waals surface area contributed by atoms with Crippen LogP contribution in [0.2, 0.25) is 0 Å². The number of benzene rings is 8. The van der Waals surface area contributed by atoms with Gasteiger partial charge in [-0.1, -0.05) is 140 Å². The molecule has 0 N–H and O–H groups in total. The minimum Gasteiger partial charge on any atom is -0.135 e. The van der Waals surface area contributed by atoms with Crippen molar-refractivity contribution in [1.29, 1.82) is 0 Å². The summed E-state index contributed by atoms with van der Waals surface area (Å²) in [5.74, 6) is 0. The summed E-state index contributed by atoms with van der Waals surface area (Å²) in [6, 6.07) is 53.6. The maximum atomic E-state index is 2.33. The number of hydrogen-bond donors (Lipinski definition) is 0. The van der Waals surface area contributed by atoms with Gasteiger partial charge in [-0.2, -0.15) is 0 Å². The van der Waals surface area contributed by atoms with E-state index < -0.39 is 0 Å². The molecule has 0 nitrogen and oxygen atoms in total. The predicted molar refractivity (Wildman–Crippen MR) is 180 cm³/mol. The third kappa shape index (κ3) is 3.27. The second-order valence-corrected chi connectivity index (χ2v) is 11.9. The van der Waals surface area contributed by atoms with Crippen molar-refractivity contribution in [2.45, 2.75) is 0 Å². The first-order chi connectivity index (χ1) is 20.4. The monoisotopic (exact) mass is 536 g/mol. The van der Waals surface area contributed by atoms with E-state index >= 15 is 0 Å². The Morgan fingerprint density at radius 3 is 1.46 bits per heavy atom. The minimum absolute atomic E-state index is 1.27. The molecule has 41 heavy (non-hydrogen) atoms. The van der Waals surface area contributed by atoms with E-state index in [4.69, 9.17) is 0 Å². The molecule has 0 saturated carbocycles. The van der Waals surface area contributed by atoms with Gasteiger partial charge in [0.1, 0.15) is 0 Å². The Balaban J connectivity index is 1.45. The fourth-order valence-electron chi connectivity index (χ4n) is 6.92. The summed E-state index contributed by atoms with van der Waals surface area (Å²) in [6.07, 6.45) is 0. The van der Waals surface area contributed by atoms with E-state index in [9.17, 15) is 0 Å². The Hall–Kier alpha value is -4.98. The molecule has 9 aromatic rings. The van der Waals surface area contributed by atoms with Crippen LogP contribution >= 0.6 is 11.3 Å². The Labute approximate surface area is 241 Å². The van der Waals surface area contributed by atoms with Crippen molar-refractivity contribution in [3.05, 3.63) is 146 Å². The summed E-state index contributed by atoms with van der Waals surface area (Å²) in [4.78, 5) is 0. The highest BCUT2D eigenvalue weighted by Gasteiger charge is 2.20. The first kappa shape index (κ1) is 22.8. The molecule has 190 valence electrons. The zero-order chi connectivity index (χ0) is 26.9. The summed E-state index contributed by atoms with van der Waals surface area (Å²) in [5.41, 5.74) is 5.23. The van der Waals surface area contributed by atoms with Crippen molar-refractivity contribution in [2.75, 3.05) is 0 Å². The maximum absolute atomic E-state index is 2.33. The van der Waals surface area contributed by atoms with Crippen LogP contribution in [0, 0.1) is 0 Å². The molecule has 1 aromatic heterocycles. The number of thiophene rings is 1. The second-order valence-electron chi connectivity index (χ2n) is 10.8. The van der Waals surface area contributed by atoms with Crippen LogP contribution in [0.5, 0.6) is 0 Å². The van der Waals surface area contributed by atoms with Gasteiger partial charge in [0.2, 0.25) is 0 Å². The maximum Gasteiger partial charge on any atom is 0.0434 e. The van der Waals surface area contributed by atoms with Gasteiger partial charge >= 0.3 is 0 Å².